The van der Waals surface area contributed by atoms with Crippen LogP contribution in [0.25, 0.3) is 0 Å². The number of sulfonamides is 1. The van der Waals surface area contributed by atoms with Gasteiger partial charge in [-0.1, -0.05) is 6.07 Å². The van der Waals surface area contributed by atoms with Crippen molar-refractivity contribution < 1.29 is 8.42 Å². The summed E-state index contributed by atoms with van der Waals surface area (Å²) in [4.78, 5) is 1.24. The first-order chi connectivity index (χ1) is 7.93. The summed E-state index contributed by atoms with van der Waals surface area (Å²) in [7, 11) is -1.89. The standard InChI is InChI=1S/C11H18N2O2S2.ClH/c1-9(8-12)13(2)17(14,15)11-6-4-5-10(7-11)16-3;/h4-7,9H,8,12H2,1-3H3;1H. The first-order valence-electron chi connectivity index (χ1n) is 5.25. The van der Waals surface area contributed by atoms with Gasteiger partial charge in [0, 0.05) is 24.5 Å². The van der Waals surface area contributed by atoms with Gasteiger partial charge < -0.3 is 5.73 Å². The van der Waals surface area contributed by atoms with Crippen molar-refractivity contribution in [2.24, 2.45) is 5.73 Å². The summed E-state index contributed by atoms with van der Waals surface area (Å²) in [5.74, 6) is 0. The number of halogens is 1. The van der Waals surface area contributed by atoms with E-state index in [1.54, 1.807) is 32.2 Å². The van der Waals surface area contributed by atoms with E-state index >= 15 is 0 Å². The summed E-state index contributed by atoms with van der Waals surface area (Å²) in [5.41, 5.74) is 5.49. The molecule has 1 rings (SSSR count). The summed E-state index contributed by atoms with van der Waals surface area (Å²) in [5, 5.41) is 0. The number of rotatable bonds is 5. The van der Waals surface area contributed by atoms with Crippen molar-refractivity contribution in [1.29, 1.82) is 0 Å². The molecule has 0 aliphatic heterocycles. The predicted octanol–water partition coefficient (Wildman–Crippen LogP) is 1.80. The van der Waals surface area contributed by atoms with Crippen molar-refractivity contribution >= 4 is 34.2 Å². The van der Waals surface area contributed by atoms with Gasteiger partial charge in [0.15, 0.2) is 0 Å². The van der Waals surface area contributed by atoms with Gasteiger partial charge in [-0.3, -0.25) is 0 Å². The van der Waals surface area contributed by atoms with Gasteiger partial charge in [0.05, 0.1) is 4.90 Å². The molecule has 0 bridgehead atoms. The number of nitrogens with two attached hydrogens (primary N) is 1. The Bertz CT molecular complexity index is 480. The van der Waals surface area contributed by atoms with Gasteiger partial charge in [-0.2, -0.15) is 4.31 Å². The summed E-state index contributed by atoms with van der Waals surface area (Å²) in [6.45, 7) is 2.09. The highest BCUT2D eigenvalue weighted by Crippen LogP contribution is 2.22. The third-order valence-electron chi connectivity index (χ3n) is 2.68. The molecule has 7 heteroatoms. The van der Waals surface area contributed by atoms with Crippen LogP contribution >= 0.6 is 24.2 Å². The van der Waals surface area contributed by atoms with Crippen LogP contribution in [-0.2, 0) is 10.0 Å². The molecule has 1 aromatic carbocycles. The molecule has 1 unspecified atom stereocenters. The van der Waals surface area contributed by atoms with Crippen molar-refractivity contribution in [1.82, 2.24) is 4.31 Å². The molecule has 0 aliphatic carbocycles. The smallest absolute Gasteiger partial charge is 0.243 e. The van der Waals surface area contributed by atoms with Gasteiger partial charge in [0.1, 0.15) is 0 Å². The van der Waals surface area contributed by atoms with E-state index in [1.807, 2.05) is 12.3 Å². The Labute approximate surface area is 119 Å². The first kappa shape index (κ1) is 17.7. The first-order valence-corrected chi connectivity index (χ1v) is 7.92. The van der Waals surface area contributed by atoms with E-state index < -0.39 is 10.0 Å². The van der Waals surface area contributed by atoms with Gasteiger partial charge in [0.25, 0.3) is 0 Å². The summed E-state index contributed by atoms with van der Waals surface area (Å²) >= 11 is 1.52. The van der Waals surface area contributed by atoms with Crippen LogP contribution in [0.4, 0.5) is 0 Å². The maximum atomic E-state index is 12.3. The van der Waals surface area contributed by atoms with Crippen LogP contribution in [0.1, 0.15) is 6.92 Å². The Morgan fingerprint density at radius 3 is 2.56 bits per heavy atom. The minimum absolute atomic E-state index is 0. The van der Waals surface area contributed by atoms with Crippen LogP contribution in [-0.4, -0.2) is 38.6 Å². The highest BCUT2D eigenvalue weighted by atomic mass is 35.5. The molecule has 18 heavy (non-hydrogen) atoms. The van der Waals surface area contributed by atoms with Crippen molar-refractivity contribution in [3.05, 3.63) is 24.3 Å². The second kappa shape index (κ2) is 7.35. The lowest BCUT2D eigenvalue weighted by Gasteiger charge is -2.23. The SMILES string of the molecule is CSc1cccc(S(=O)(=O)N(C)C(C)CN)c1.Cl. The average Bonchev–Trinajstić information content (AvgIpc) is 2.36. The summed E-state index contributed by atoms with van der Waals surface area (Å²) in [6.07, 6.45) is 1.91. The molecular formula is C11H19ClN2O2S2. The van der Waals surface area contributed by atoms with E-state index in [2.05, 4.69) is 0 Å². The molecule has 2 N–H and O–H groups in total. The van der Waals surface area contributed by atoms with E-state index in [-0.39, 0.29) is 18.4 Å². The Balaban J connectivity index is 0.00000289. The zero-order valence-electron chi connectivity index (χ0n) is 10.7. The number of hydrogen-bond acceptors (Lipinski definition) is 4. The Kier molecular flexibility index (Phi) is 7.24. The fourth-order valence-corrected chi connectivity index (χ4v) is 3.27. The second-order valence-corrected chi connectivity index (χ2v) is 6.66. The van der Waals surface area contributed by atoms with Gasteiger partial charge in [-0.05, 0) is 31.4 Å². The van der Waals surface area contributed by atoms with Gasteiger partial charge in [-0.15, -0.1) is 24.2 Å². The largest absolute Gasteiger partial charge is 0.329 e. The quantitative estimate of drug-likeness (QED) is 0.842. The van der Waals surface area contributed by atoms with Gasteiger partial charge >= 0.3 is 0 Å². The molecule has 0 saturated carbocycles. The topological polar surface area (TPSA) is 63.4 Å². The number of likely N-dealkylation sites (N-methyl/N-ethyl adjacent to an activating group) is 1. The van der Waals surface area contributed by atoms with Gasteiger partial charge in [0.2, 0.25) is 10.0 Å². The zero-order valence-corrected chi connectivity index (χ0v) is 13.1. The van der Waals surface area contributed by atoms with Crippen molar-refractivity contribution in [2.75, 3.05) is 19.8 Å². The highest BCUT2D eigenvalue weighted by molar-refractivity contribution is 7.98. The molecule has 0 aliphatic rings. The molecule has 4 nitrogen and oxygen atoms in total. The molecule has 0 saturated heterocycles. The van der Waals surface area contributed by atoms with Crippen LogP contribution in [0.5, 0.6) is 0 Å². The Morgan fingerprint density at radius 1 is 1.44 bits per heavy atom. The lowest BCUT2D eigenvalue weighted by atomic mass is 10.4. The van der Waals surface area contributed by atoms with E-state index in [9.17, 15) is 8.42 Å². The van der Waals surface area contributed by atoms with Crippen LogP contribution < -0.4 is 5.73 Å². The van der Waals surface area contributed by atoms with Crippen LogP contribution in [0.15, 0.2) is 34.1 Å². The fraction of sp³-hybridized carbons (Fsp3) is 0.455. The highest BCUT2D eigenvalue weighted by Gasteiger charge is 2.24. The molecule has 0 spiro atoms. The molecule has 0 fully saturated rings. The van der Waals surface area contributed by atoms with E-state index in [1.165, 1.54) is 16.1 Å². The Hall–Kier alpha value is -0.270. The minimum atomic E-state index is -3.44. The zero-order chi connectivity index (χ0) is 13.1. The second-order valence-electron chi connectivity index (χ2n) is 3.78. The molecule has 0 amide bonds. The van der Waals surface area contributed by atoms with Crippen LogP contribution in [0, 0.1) is 0 Å². The molecule has 104 valence electrons. The van der Waals surface area contributed by atoms with Crippen LogP contribution in [0.3, 0.4) is 0 Å². The number of thioether (sulfide) groups is 1. The molecule has 1 aromatic rings. The minimum Gasteiger partial charge on any atom is -0.329 e. The number of benzene rings is 1. The number of nitrogens with zero attached hydrogens (tertiary/aromatic N) is 1. The lowest BCUT2D eigenvalue weighted by Crippen LogP contribution is -2.39. The third-order valence-corrected chi connectivity index (χ3v) is 5.37. The van der Waals surface area contributed by atoms with Crippen molar-refractivity contribution in [2.45, 2.75) is 22.8 Å². The van der Waals surface area contributed by atoms with E-state index in [0.29, 0.717) is 11.4 Å². The molecule has 1 atom stereocenters. The lowest BCUT2D eigenvalue weighted by molar-refractivity contribution is 0.394. The van der Waals surface area contributed by atoms with Crippen molar-refractivity contribution in [3.8, 4) is 0 Å². The molecule has 0 radical (unpaired) electrons. The molecular weight excluding hydrogens is 292 g/mol. The maximum absolute atomic E-state index is 12.3. The number of hydrogen-bond donors (Lipinski definition) is 1. The van der Waals surface area contributed by atoms with Gasteiger partial charge in [-0.25, -0.2) is 8.42 Å². The summed E-state index contributed by atoms with van der Waals surface area (Å²) < 4.78 is 25.8. The monoisotopic (exact) mass is 310 g/mol. The molecule has 0 heterocycles. The Morgan fingerprint density at radius 2 is 2.06 bits per heavy atom. The summed E-state index contributed by atoms with van der Waals surface area (Å²) in [6, 6.07) is 6.71. The predicted molar refractivity (Wildman–Crippen MR) is 78.9 cm³/mol. The average molecular weight is 311 g/mol. The van der Waals surface area contributed by atoms with Crippen molar-refractivity contribution in [3.63, 3.8) is 0 Å². The van der Waals surface area contributed by atoms with Crippen LogP contribution in [0.2, 0.25) is 0 Å². The van der Waals surface area contributed by atoms with E-state index in [4.69, 9.17) is 5.73 Å². The fourth-order valence-electron chi connectivity index (χ4n) is 1.31. The van der Waals surface area contributed by atoms with E-state index in [0.717, 1.165) is 4.90 Å². The molecule has 0 aromatic heterocycles. The normalized spacial score (nSPS) is 13.2. The third kappa shape index (κ3) is 3.86. The maximum Gasteiger partial charge on any atom is 0.243 e.